The van der Waals surface area contributed by atoms with Gasteiger partial charge in [-0.25, -0.2) is 19.2 Å². The third kappa shape index (κ3) is 3.37. The van der Waals surface area contributed by atoms with Crippen molar-refractivity contribution in [1.29, 1.82) is 0 Å². The van der Waals surface area contributed by atoms with Gasteiger partial charge >= 0.3 is 6.03 Å². The van der Waals surface area contributed by atoms with Crippen molar-refractivity contribution in [2.75, 3.05) is 25.0 Å². The summed E-state index contributed by atoms with van der Waals surface area (Å²) in [5.74, 6) is 0.915. The molecule has 0 radical (unpaired) electrons. The lowest BCUT2D eigenvalue weighted by atomic mass is 10.0. The highest BCUT2D eigenvalue weighted by molar-refractivity contribution is 5.81. The van der Waals surface area contributed by atoms with E-state index in [4.69, 9.17) is 0 Å². The van der Waals surface area contributed by atoms with Gasteiger partial charge in [0, 0.05) is 33.2 Å². The zero-order chi connectivity index (χ0) is 19.7. The Kier molecular flexibility index (Phi) is 4.85. The second-order valence-electron chi connectivity index (χ2n) is 6.99. The normalized spacial score (nSPS) is 15.0. The van der Waals surface area contributed by atoms with Gasteiger partial charge in [-0.15, -0.1) is 0 Å². The number of aryl methyl sites for hydroxylation is 1. The van der Waals surface area contributed by atoms with E-state index in [0.717, 1.165) is 42.8 Å². The van der Waals surface area contributed by atoms with E-state index < -0.39 is 5.82 Å². The number of hydrogen-bond acceptors (Lipinski definition) is 4. The number of amides is 2. The van der Waals surface area contributed by atoms with Crippen LogP contribution in [0, 0.1) is 5.82 Å². The largest absolute Gasteiger partial charge is 0.356 e. The molecule has 2 N–H and O–H groups in total. The summed E-state index contributed by atoms with van der Waals surface area (Å²) >= 11 is 0. The average Bonchev–Trinajstić information content (AvgIpc) is 3.05. The maximum atomic E-state index is 14.6. The summed E-state index contributed by atoms with van der Waals surface area (Å²) in [5, 5.41) is 5.52. The summed E-state index contributed by atoms with van der Waals surface area (Å²) < 4.78 is 16.5. The van der Waals surface area contributed by atoms with E-state index in [-0.39, 0.29) is 12.1 Å². The molecule has 7 nitrogen and oxygen atoms in total. The van der Waals surface area contributed by atoms with Gasteiger partial charge in [0.1, 0.15) is 11.6 Å². The minimum Gasteiger partial charge on any atom is -0.356 e. The molecule has 28 heavy (non-hydrogen) atoms. The van der Waals surface area contributed by atoms with Crippen LogP contribution in [0.3, 0.4) is 0 Å². The van der Waals surface area contributed by atoms with Gasteiger partial charge in [0.25, 0.3) is 0 Å². The number of aromatic nitrogens is 3. The number of carbonyl (C=O) groups is 1. The van der Waals surface area contributed by atoms with Crippen LogP contribution in [0.4, 0.5) is 15.0 Å². The summed E-state index contributed by atoms with van der Waals surface area (Å²) in [6, 6.07) is 9.49. The second-order valence-corrected chi connectivity index (χ2v) is 6.99. The molecule has 2 amide bonds. The Bertz CT molecular complexity index is 1010. The maximum Gasteiger partial charge on any atom is 0.314 e. The highest BCUT2D eigenvalue weighted by Crippen LogP contribution is 2.29. The number of hydrogen-bond donors (Lipinski definition) is 2. The molecule has 0 aliphatic carbocycles. The van der Waals surface area contributed by atoms with E-state index >= 15 is 0 Å². The van der Waals surface area contributed by atoms with E-state index in [1.54, 1.807) is 13.1 Å². The molecular weight excluding hydrogens is 359 g/mol. The van der Waals surface area contributed by atoms with E-state index in [1.807, 2.05) is 35.9 Å². The number of halogens is 1. The van der Waals surface area contributed by atoms with Crippen LogP contribution in [0.1, 0.15) is 12.8 Å². The summed E-state index contributed by atoms with van der Waals surface area (Å²) in [5.41, 5.74) is 2.23. The van der Waals surface area contributed by atoms with Crippen LogP contribution < -0.4 is 15.5 Å². The number of nitrogens with zero attached hydrogens (tertiary/aromatic N) is 4. The van der Waals surface area contributed by atoms with E-state index in [9.17, 15) is 9.18 Å². The highest BCUT2D eigenvalue weighted by atomic mass is 19.1. The first-order valence-electron chi connectivity index (χ1n) is 9.37. The summed E-state index contributed by atoms with van der Waals surface area (Å²) in [6.45, 7) is 1.49. The van der Waals surface area contributed by atoms with Crippen molar-refractivity contribution in [1.82, 2.24) is 25.2 Å². The SMILES string of the molecule is CNC(=O)NC1CCN(c2cc(-c3nc4ccccc4n3C)c(F)cn2)CC1. The molecule has 1 aromatic carbocycles. The molecule has 1 aliphatic heterocycles. The van der Waals surface area contributed by atoms with Crippen molar-refractivity contribution < 1.29 is 9.18 Å². The number of urea groups is 1. The van der Waals surface area contributed by atoms with Crippen molar-refractivity contribution in [3.8, 4) is 11.4 Å². The molecule has 0 spiro atoms. The molecule has 3 aromatic rings. The zero-order valence-electron chi connectivity index (χ0n) is 15.9. The van der Waals surface area contributed by atoms with Gasteiger partial charge in [0.15, 0.2) is 5.82 Å². The van der Waals surface area contributed by atoms with Crippen LogP contribution in [0.2, 0.25) is 0 Å². The summed E-state index contributed by atoms with van der Waals surface area (Å²) in [4.78, 5) is 22.5. The van der Waals surface area contributed by atoms with Crippen LogP contribution in [0.15, 0.2) is 36.5 Å². The number of nitrogens with one attached hydrogen (secondary N) is 2. The van der Waals surface area contributed by atoms with Gasteiger partial charge in [-0.05, 0) is 31.0 Å². The van der Waals surface area contributed by atoms with Crippen molar-refractivity contribution in [3.63, 3.8) is 0 Å². The number of para-hydroxylation sites is 2. The fraction of sp³-hybridized carbons (Fsp3) is 0.350. The third-order valence-corrected chi connectivity index (χ3v) is 5.25. The lowest BCUT2D eigenvalue weighted by molar-refractivity contribution is 0.236. The highest BCUT2D eigenvalue weighted by Gasteiger charge is 2.23. The Hall–Kier alpha value is -3.16. The van der Waals surface area contributed by atoms with E-state index in [1.165, 1.54) is 6.20 Å². The van der Waals surface area contributed by atoms with Crippen molar-refractivity contribution in [2.45, 2.75) is 18.9 Å². The minimum atomic E-state index is -0.390. The molecule has 1 fully saturated rings. The molecule has 0 bridgehead atoms. The molecular formula is C20H23FN6O. The number of anilines is 1. The number of pyridine rings is 1. The molecule has 0 saturated carbocycles. The van der Waals surface area contributed by atoms with Crippen LogP contribution in [0.25, 0.3) is 22.4 Å². The molecule has 8 heteroatoms. The molecule has 0 atom stereocenters. The smallest absolute Gasteiger partial charge is 0.314 e. The van der Waals surface area contributed by atoms with Crippen LogP contribution >= 0.6 is 0 Å². The van der Waals surface area contributed by atoms with Gasteiger partial charge in [-0.1, -0.05) is 12.1 Å². The van der Waals surface area contributed by atoms with Crippen molar-refractivity contribution in [2.24, 2.45) is 7.05 Å². The third-order valence-electron chi connectivity index (χ3n) is 5.25. The topological polar surface area (TPSA) is 75.1 Å². The van der Waals surface area contributed by atoms with Crippen molar-refractivity contribution in [3.05, 3.63) is 42.3 Å². The molecule has 0 unspecified atom stereocenters. The Morgan fingerprint density at radius 2 is 2.00 bits per heavy atom. The number of carbonyl (C=O) groups excluding carboxylic acids is 1. The Labute approximate surface area is 162 Å². The van der Waals surface area contributed by atoms with Gasteiger partial charge in [-0.2, -0.15) is 0 Å². The predicted molar refractivity (Wildman–Crippen MR) is 107 cm³/mol. The lowest BCUT2D eigenvalue weighted by Crippen LogP contribution is -2.47. The molecule has 2 aromatic heterocycles. The van der Waals surface area contributed by atoms with Gasteiger partial charge in [-0.3, -0.25) is 0 Å². The first-order chi connectivity index (χ1) is 13.6. The lowest BCUT2D eigenvalue weighted by Gasteiger charge is -2.33. The van der Waals surface area contributed by atoms with Crippen LogP contribution in [-0.4, -0.2) is 46.7 Å². The molecule has 1 aliphatic rings. The zero-order valence-corrected chi connectivity index (χ0v) is 15.9. The standard InChI is InChI=1S/C20H23FN6O/c1-22-20(28)24-13-7-9-27(10-8-13)18-11-14(15(21)12-23-18)19-25-16-5-3-4-6-17(16)26(19)2/h3-6,11-13H,7-10H2,1-2H3,(H2,22,24,28). The number of benzene rings is 1. The van der Waals surface area contributed by atoms with Gasteiger partial charge in [0.2, 0.25) is 0 Å². The summed E-state index contributed by atoms with van der Waals surface area (Å²) in [7, 11) is 3.50. The average molecular weight is 382 g/mol. The number of rotatable bonds is 3. The van der Waals surface area contributed by atoms with Crippen LogP contribution in [0.5, 0.6) is 0 Å². The number of piperidine rings is 1. The molecule has 1 saturated heterocycles. The number of fused-ring (bicyclic) bond motifs is 1. The monoisotopic (exact) mass is 382 g/mol. The van der Waals surface area contributed by atoms with E-state index in [0.29, 0.717) is 11.4 Å². The Morgan fingerprint density at radius 1 is 1.25 bits per heavy atom. The second kappa shape index (κ2) is 7.46. The first kappa shape index (κ1) is 18.2. The first-order valence-corrected chi connectivity index (χ1v) is 9.37. The Balaban J connectivity index is 1.58. The van der Waals surface area contributed by atoms with E-state index in [2.05, 4.69) is 25.5 Å². The van der Waals surface area contributed by atoms with Crippen LogP contribution in [-0.2, 0) is 7.05 Å². The Morgan fingerprint density at radius 3 is 2.71 bits per heavy atom. The quantitative estimate of drug-likeness (QED) is 0.730. The predicted octanol–water partition coefficient (Wildman–Crippen LogP) is 2.67. The number of imidazole rings is 1. The maximum absolute atomic E-state index is 14.6. The van der Waals surface area contributed by atoms with Gasteiger partial charge in [0.05, 0.1) is 22.8 Å². The molecule has 4 rings (SSSR count). The minimum absolute atomic E-state index is 0.135. The van der Waals surface area contributed by atoms with Crippen molar-refractivity contribution >= 4 is 22.9 Å². The van der Waals surface area contributed by atoms with Gasteiger partial charge < -0.3 is 20.1 Å². The fourth-order valence-electron chi connectivity index (χ4n) is 3.67. The molecule has 3 heterocycles. The summed E-state index contributed by atoms with van der Waals surface area (Å²) in [6.07, 6.45) is 2.89. The fourth-order valence-corrected chi connectivity index (χ4v) is 3.67. The molecule has 146 valence electrons.